The molecule has 1 aliphatic carbocycles. The number of carbonyl (C=O) groups is 1. The Hall–Kier alpha value is -1.63. The maximum Gasteiger partial charge on any atom is 0.317 e. The third-order valence-electron chi connectivity index (χ3n) is 6.78. The topological polar surface area (TPSA) is 87.8 Å². The molecule has 0 aromatic heterocycles. The van der Waals surface area contributed by atoms with E-state index in [4.69, 9.17) is 15.6 Å². The Morgan fingerprint density at radius 3 is 2.68 bits per heavy atom. The Balaban J connectivity index is 1.50. The standard InChI is InChI=1S/C25H41N3O3/c26-23(17-20-9-3-1-4-10-20)18-27-25(30)28-14-7-13-22(19-28)24(31-16-8-15-29)21-11-5-2-6-12-21/h2,5-6,11-12,20,22-24,29H,1,3-4,7-10,13-19,26H2,(H,27,30)/t22?,23-,24-/m0/s1. The second-order valence-corrected chi connectivity index (χ2v) is 9.31. The number of hydrogen-bond donors (Lipinski definition) is 3. The number of hydrogen-bond acceptors (Lipinski definition) is 4. The molecule has 1 heterocycles. The summed E-state index contributed by atoms with van der Waals surface area (Å²) in [6.07, 6.45) is 10.1. The van der Waals surface area contributed by atoms with E-state index < -0.39 is 0 Å². The van der Waals surface area contributed by atoms with Gasteiger partial charge in [-0.25, -0.2) is 4.79 Å². The molecule has 1 saturated carbocycles. The number of nitrogens with one attached hydrogen (secondary N) is 1. The number of piperidine rings is 1. The number of benzene rings is 1. The minimum absolute atomic E-state index is 0.00837. The van der Waals surface area contributed by atoms with Crippen molar-refractivity contribution >= 4 is 6.03 Å². The van der Waals surface area contributed by atoms with Gasteiger partial charge in [0, 0.05) is 44.8 Å². The second kappa shape index (κ2) is 13.0. The zero-order chi connectivity index (χ0) is 21.9. The lowest BCUT2D eigenvalue weighted by atomic mass is 9.85. The van der Waals surface area contributed by atoms with Crippen molar-refractivity contribution in [3.63, 3.8) is 0 Å². The normalized spacial score (nSPS) is 22.1. The van der Waals surface area contributed by atoms with E-state index in [2.05, 4.69) is 17.4 Å². The van der Waals surface area contributed by atoms with E-state index in [0.717, 1.165) is 37.3 Å². The first-order chi connectivity index (χ1) is 15.2. The number of nitrogens with two attached hydrogens (primary N) is 1. The summed E-state index contributed by atoms with van der Waals surface area (Å²) < 4.78 is 6.18. The molecule has 1 saturated heterocycles. The fraction of sp³-hybridized carbons (Fsp3) is 0.720. The average molecular weight is 432 g/mol. The van der Waals surface area contributed by atoms with Crippen molar-refractivity contribution < 1.29 is 14.6 Å². The largest absolute Gasteiger partial charge is 0.396 e. The molecule has 174 valence electrons. The molecule has 4 N–H and O–H groups in total. The molecule has 0 bridgehead atoms. The number of carbonyl (C=O) groups excluding carboxylic acids is 1. The summed E-state index contributed by atoms with van der Waals surface area (Å²) in [4.78, 5) is 14.8. The van der Waals surface area contributed by atoms with Crippen molar-refractivity contribution in [1.82, 2.24) is 10.2 Å². The monoisotopic (exact) mass is 431 g/mol. The third kappa shape index (κ3) is 7.78. The highest BCUT2D eigenvalue weighted by atomic mass is 16.5. The van der Waals surface area contributed by atoms with Crippen LogP contribution in [0.3, 0.4) is 0 Å². The van der Waals surface area contributed by atoms with Crippen LogP contribution in [0.15, 0.2) is 30.3 Å². The molecule has 3 atom stereocenters. The van der Waals surface area contributed by atoms with Crippen LogP contribution < -0.4 is 11.1 Å². The van der Waals surface area contributed by atoms with E-state index in [1.165, 1.54) is 32.1 Å². The maximum atomic E-state index is 12.8. The number of ether oxygens (including phenoxy) is 1. The zero-order valence-corrected chi connectivity index (χ0v) is 18.9. The van der Waals surface area contributed by atoms with Crippen LogP contribution in [-0.4, -0.2) is 54.9 Å². The minimum Gasteiger partial charge on any atom is -0.396 e. The number of urea groups is 1. The number of aliphatic hydroxyl groups is 1. The van der Waals surface area contributed by atoms with Crippen molar-refractivity contribution in [3.8, 4) is 0 Å². The summed E-state index contributed by atoms with van der Waals surface area (Å²) in [7, 11) is 0. The molecular weight excluding hydrogens is 390 g/mol. The number of amides is 2. The first kappa shape index (κ1) is 24.0. The van der Waals surface area contributed by atoms with Crippen molar-refractivity contribution in [2.45, 2.75) is 69.9 Å². The lowest BCUT2D eigenvalue weighted by Gasteiger charge is -2.37. The molecular formula is C25H41N3O3. The first-order valence-corrected chi connectivity index (χ1v) is 12.2. The molecule has 1 unspecified atom stereocenters. The van der Waals surface area contributed by atoms with E-state index in [0.29, 0.717) is 26.1 Å². The van der Waals surface area contributed by atoms with Gasteiger partial charge in [0.2, 0.25) is 0 Å². The minimum atomic E-state index is -0.0584. The van der Waals surface area contributed by atoms with Gasteiger partial charge in [0.05, 0.1) is 6.10 Å². The number of aliphatic hydroxyl groups excluding tert-OH is 1. The Morgan fingerprint density at radius 2 is 1.94 bits per heavy atom. The van der Waals surface area contributed by atoms with E-state index in [1.54, 1.807) is 0 Å². The number of rotatable bonds is 10. The van der Waals surface area contributed by atoms with Crippen LogP contribution in [0.25, 0.3) is 0 Å². The van der Waals surface area contributed by atoms with Crippen molar-refractivity contribution in [2.75, 3.05) is 32.8 Å². The van der Waals surface area contributed by atoms with E-state index in [1.807, 2.05) is 23.1 Å². The molecule has 1 aliphatic heterocycles. The highest BCUT2D eigenvalue weighted by molar-refractivity contribution is 5.74. The molecule has 6 heteroatoms. The molecule has 1 aromatic carbocycles. The fourth-order valence-corrected chi connectivity index (χ4v) is 5.13. The molecule has 2 aliphatic rings. The molecule has 0 radical (unpaired) electrons. The summed E-state index contributed by atoms with van der Waals surface area (Å²) >= 11 is 0. The van der Waals surface area contributed by atoms with Gasteiger partial charge in [-0.3, -0.25) is 0 Å². The van der Waals surface area contributed by atoms with E-state index in [-0.39, 0.29) is 30.7 Å². The highest BCUT2D eigenvalue weighted by Crippen LogP contribution is 2.33. The van der Waals surface area contributed by atoms with Gasteiger partial charge in [-0.1, -0.05) is 62.4 Å². The van der Waals surface area contributed by atoms with Crippen LogP contribution in [-0.2, 0) is 4.74 Å². The van der Waals surface area contributed by atoms with Gasteiger partial charge in [0.25, 0.3) is 0 Å². The van der Waals surface area contributed by atoms with Gasteiger partial charge in [0.15, 0.2) is 0 Å². The van der Waals surface area contributed by atoms with Gasteiger partial charge in [0.1, 0.15) is 0 Å². The van der Waals surface area contributed by atoms with Crippen molar-refractivity contribution in [3.05, 3.63) is 35.9 Å². The van der Waals surface area contributed by atoms with Gasteiger partial charge < -0.3 is 25.8 Å². The summed E-state index contributed by atoms with van der Waals surface area (Å²) in [6.45, 7) is 2.66. The van der Waals surface area contributed by atoms with Crippen molar-refractivity contribution in [2.24, 2.45) is 17.6 Å². The van der Waals surface area contributed by atoms with Crippen LogP contribution in [0.1, 0.15) is 69.5 Å². The number of likely N-dealkylation sites (tertiary alicyclic amines) is 1. The lowest BCUT2D eigenvalue weighted by molar-refractivity contribution is -0.0148. The molecule has 2 fully saturated rings. The SMILES string of the molecule is N[C@H](CNC(=O)N1CCCC([C@@H](OCCCO)c2ccccc2)C1)CC1CCCCC1. The second-order valence-electron chi connectivity index (χ2n) is 9.31. The van der Waals surface area contributed by atoms with E-state index >= 15 is 0 Å². The average Bonchev–Trinajstić information content (AvgIpc) is 2.81. The summed E-state index contributed by atoms with van der Waals surface area (Å²) in [5.41, 5.74) is 7.47. The molecule has 31 heavy (non-hydrogen) atoms. The lowest BCUT2D eigenvalue weighted by Crippen LogP contribution is -2.49. The summed E-state index contributed by atoms with van der Waals surface area (Å²) in [5, 5.41) is 12.2. The maximum absolute atomic E-state index is 12.8. The molecule has 2 amide bonds. The Labute approximate surface area is 187 Å². The van der Waals surface area contributed by atoms with Crippen LogP contribution in [0.4, 0.5) is 4.79 Å². The quantitative estimate of drug-likeness (QED) is 0.491. The smallest absolute Gasteiger partial charge is 0.317 e. The van der Waals surface area contributed by atoms with Gasteiger partial charge >= 0.3 is 6.03 Å². The molecule has 3 rings (SSSR count). The Morgan fingerprint density at radius 1 is 1.16 bits per heavy atom. The summed E-state index contributed by atoms with van der Waals surface area (Å²) in [5.74, 6) is 0.972. The van der Waals surface area contributed by atoms with Gasteiger partial charge in [-0.05, 0) is 37.2 Å². The van der Waals surface area contributed by atoms with Gasteiger partial charge in [-0.2, -0.15) is 0 Å². The predicted molar refractivity (Wildman–Crippen MR) is 124 cm³/mol. The fourth-order valence-electron chi connectivity index (χ4n) is 5.13. The van der Waals surface area contributed by atoms with Crippen LogP contribution in [0.2, 0.25) is 0 Å². The molecule has 1 aromatic rings. The highest BCUT2D eigenvalue weighted by Gasteiger charge is 2.31. The Kier molecular flexibility index (Phi) is 10.1. The third-order valence-corrected chi connectivity index (χ3v) is 6.78. The summed E-state index contributed by atoms with van der Waals surface area (Å²) in [6, 6.07) is 10.3. The molecule has 0 spiro atoms. The predicted octanol–water partition coefficient (Wildman–Crippen LogP) is 3.85. The zero-order valence-electron chi connectivity index (χ0n) is 18.9. The number of nitrogens with zero attached hydrogens (tertiary/aromatic N) is 1. The first-order valence-electron chi connectivity index (χ1n) is 12.2. The van der Waals surface area contributed by atoms with Gasteiger partial charge in [-0.15, -0.1) is 0 Å². The van der Waals surface area contributed by atoms with Crippen LogP contribution >= 0.6 is 0 Å². The molecule has 6 nitrogen and oxygen atoms in total. The van der Waals surface area contributed by atoms with Crippen LogP contribution in [0.5, 0.6) is 0 Å². The van der Waals surface area contributed by atoms with Crippen LogP contribution in [0, 0.1) is 11.8 Å². The van der Waals surface area contributed by atoms with Crippen molar-refractivity contribution in [1.29, 1.82) is 0 Å². The van der Waals surface area contributed by atoms with E-state index in [9.17, 15) is 4.79 Å². The Bertz CT molecular complexity index is 636.